The van der Waals surface area contributed by atoms with Crippen molar-refractivity contribution in [3.63, 3.8) is 0 Å². The van der Waals surface area contributed by atoms with Gasteiger partial charge in [0.05, 0.1) is 0 Å². The van der Waals surface area contributed by atoms with E-state index in [9.17, 15) is 0 Å². The standard InChI is InChI=1S/C21H28N2Si/c1-7-12-23(4)19-11-9-17-13-16-8-10-18(22(2)3)14-20(16)24(5,6)21(17)15-19/h7-11,14-15H,1,12-13H2,2-6H3/q-1. The highest BCUT2D eigenvalue weighted by molar-refractivity contribution is 7.01. The summed E-state index contributed by atoms with van der Waals surface area (Å²) in [5, 5.41) is 3.17. The fraction of sp³-hybridized carbons (Fsp3) is 0.333. The molecule has 24 heavy (non-hydrogen) atoms. The number of nitrogens with zero attached hydrogens (tertiary/aromatic N) is 2. The first kappa shape index (κ1) is 16.8. The lowest BCUT2D eigenvalue weighted by molar-refractivity contribution is 1.03. The molecule has 2 aromatic carbocycles. The van der Waals surface area contributed by atoms with Gasteiger partial charge in [0.1, 0.15) is 0 Å². The van der Waals surface area contributed by atoms with Crippen LogP contribution < -0.4 is 20.2 Å². The molecule has 0 fully saturated rings. The molecule has 0 saturated heterocycles. The molecule has 0 aromatic heterocycles. The van der Waals surface area contributed by atoms with Gasteiger partial charge in [0.15, 0.2) is 0 Å². The van der Waals surface area contributed by atoms with Gasteiger partial charge in [-0.1, -0.05) is 49.5 Å². The molecule has 1 heterocycles. The number of rotatable bonds is 4. The zero-order chi connectivity index (χ0) is 17.5. The van der Waals surface area contributed by atoms with Gasteiger partial charge in [-0.25, -0.2) is 0 Å². The van der Waals surface area contributed by atoms with Crippen molar-refractivity contribution in [1.82, 2.24) is 0 Å². The number of anilines is 2. The van der Waals surface area contributed by atoms with E-state index in [0.29, 0.717) is 0 Å². The van der Waals surface area contributed by atoms with Crippen molar-refractivity contribution >= 4 is 29.8 Å². The number of hydrogen-bond donors (Lipinski definition) is 0. The van der Waals surface area contributed by atoms with Crippen LogP contribution in [0.1, 0.15) is 11.1 Å². The fourth-order valence-electron chi connectivity index (χ4n) is 3.77. The fourth-order valence-corrected chi connectivity index (χ4v) is 7.02. The summed E-state index contributed by atoms with van der Waals surface area (Å²) in [6.45, 7) is 9.71. The van der Waals surface area contributed by atoms with Crippen LogP contribution in [0.4, 0.5) is 11.4 Å². The van der Waals surface area contributed by atoms with Crippen molar-refractivity contribution in [3.8, 4) is 0 Å². The molecule has 0 N–H and O–H groups in total. The van der Waals surface area contributed by atoms with Crippen molar-refractivity contribution in [3.05, 3.63) is 60.2 Å². The Morgan fingerprint density at radius 1 is 0.958 bits per heavy atom. The molecule has 0 spiro atoms. The minimum absolute atomic E-state index is 0.877. The summed E-state index contributed by atoms with van der Waals surface area (Å²) in [6.07, 6.45) is 3.01. The second kappa shape index (κ2) is 6.13. The van der Waals surface area contributed by atoms with Gasteiger partial charge < -0.3 is 9.80 Å². The molecule has 0 atom stereocenters. The molecule has 0 aliphatic carbocycles. The molecule has 0 amide bonds. The second-order valence-corrected chi connectivity index (χ2v) is 11.9. The number of hydrogen-bond acceptors (Lipinski definition) is 2. The van der Waals surface area contributed by atoms with Crippen LogP contribution in [0.2, 0.25) is 13.1 Å². The first-order valence-corrected chi connectivity index (χ1v) is 11.6. The van der Waals surface area contributed by atoms with E-state index >= 15 is 0 Å². The normalized spacial score (nSPS) is 14.5. The molecular formula is C21H28N2Si-. The van der Waals surface area contributed by atoms with Gasteiger partial charge >= 0.3 is 0 Å². The maximum Gasteiger partial charge on any atom is 0.0353 e. The molecule has 2 aromatic rings. The molecule has 3 heteroatoms. The van der Waals surface area contributed by atoms with Gasteiger partial charge in [0.25, 0.3) is 0 Å². The van der Waals surface area contributed by atoms with Crippen LogP contribution in [-0.4, -0.2) is 35.8 Å². The predicted octanol–water partition coefficient (Wildman–Crippen LogP) is 3.10. The average molecular weight is 337 g/mol. The Balaban J connectivity index is 2.09. The van der Waals surface area contributed by atoms with Crippen LogP contribution in [-0.2, 0) is 6.42 Å². The summed E-state index contributed by atoms with van der Waals surface area (Å²) >= 11 is 0. The van der Waals surface area contributed by atoms with Crippen molar-refractivity contribution < 1.29 is 0 Å². The van der Waals surface area contributed by atoms with E-state index < -0.39 is 8.07 Å². The van der Waals surface area contributed by atoms with Crippen LogP contribution in [0.5, 0.6) is 0 Å². The molecule has 3 rings (SSSR count). The summed E-state index contributed by atoms with van der Waals surface area (Å²) < 4.78 is 0. The van der Waals surface area contributed by atoms with E-state index in [1.807, 2.05) is 6.08 Å². The van der Waals surface area contributed by atoms with E-state index in [2.05, 4.69) is 87.0 Å². The van der Waals surface area contributed by atoms with Gasteiger partial charge in [-0.3, -0.25) is 0 Å². The first-order valence-electron chi connectivity index (χ1n) is 8.60. The third-order valence-corrected chi connectivity index (χ3v) is 8.90. The molecule has 0 radical (unpaired) electrons. The molecule has 1 aliphatic rings. The van der Waals surface area contributed by atoms with Crippen molar-refractivity contribution in [2.24, 2.45) is 0 Å². The Hall–Kier alpha value is -2.00. The molecule has 0 saturated carbocycles. The molecule has 2 nitrogen and oxygen atoms in total. The maximum atomic E-state index is 3.86. The lowest BCUT2D eigenvalue weighted by Gasteiger charge is -2.45. The third kappa shape index (κ3) is 2.77. The first-order chi connectivity index (χ1) is 11.3. The number of benzene rings is 2. The van der Waals surface area contributed by atoms with E-state index in [1.54, 1.807) is 10.4 Å². The topological polar surface area (TPSA) is 6.48 Å². The monoisotopic (exact) mass is 336 g/mol. The van der Waals surface area contributed by atoms with Crippen molar-refractivity contribution in [2.75, 3.05) is 37.5 Å². The van der Waals surface area contributed by atoms with Gasteiger partial charge in [-0.15, -0.1) is 6.58 Å². The summed E-state index contributed by atoms with van der Waals surface area (Å²) in [7, 11) is 4.69. The van der Waals surface area contributed by atoms with E-state index in [0.717, 1.165) is 13.0 Å². The Morgan fingerprint density at radius 2 is 1.50 bits per heavy atom. The van der Waals surface area contributed by atoms with Crippen LogP contribution in [0, 0.1) is 0 Å². The summed E-state index contributed by atoms with van der Waals surface area (Å²) in [5.41, 5.74) is 5.61. The third-order valence-electron chi connectivity index (χ3n) is 5.27. The Morgan fingerprint density at radius 3 is 2.04 bits per heavy atom. The van der Waals surface area contributed by atoms with E-state index in [1.165, 1.54) is 22.5 Å². The Labute approximate surface area is 147 Å². The van der Waals surface area contributed by atoms with Crippen molar-refractivity contribution in [2.45, 2.75) is 19.5 Å². The van der Waals surface area contributed by atoms with E-state index in [-0.39, 0.29) is 0 Å². The van der Waals surface area contributed by atoms with Gasteiger partial charge in [0, 0.05) is 39.1 Å². The summed E-state index contributed by atoms with van der Waals surface area (Å²) in [4.78, 5) is 4.47. The summed E-state index contributed by atoms with van der Waals surface area (Å²) in [5.74, 6) is 0. The minimum atomic E-state index is -1.69. The van der Waals surface area contributed by atoms with Crippen molar-refractivity contribution in [1.29, 1.82) is 0 Å². The minimum Gasteiger partial charge on any atom is -0.378 e. The van der Waals surface area contributed by atoms with Crippen LogP contribution in [0.25, 0.3) is 0 Å². The molecule has 127 valence electrons. The molecule has 1 aliphatic heterocycles. The maximum absolute atomic E-state index is 3.86. The van der Waals surface area contributed by atoms with Crippen LogP contribution >= 0.6 is 0 Å². The Kier molecular flexibility index (Phi) is 4.30. The lowest BCUT2D eigenvalue weighted by atomic mass is 10.0. The van der Waals surface area contributed by atoms with Gasteiger partial charge in [-0.2, -0.15) is 23.5 Å². The van der Waals surface area contributed by atoms with Gasteiger partial charge in [-0.05, 0) is 18.6 Å². The lowest BCUT2D eigenvalue weighted by Crippen LogP contribution is -2.58. The zero-order valence-corrected chi connectivity index (χ0v) is 16.6. The largest absolute Gasteiger partial charge is 0.378 e. The SMILES string of the molecule is C=CCN(C)c1ccc2c(c1)[Si-](C)(C)c1cc(N(C)C)ccc1C2. The molecule has 0 unspecified atom stereocenters. The average Bonchev–Trinajstić information content (AvgIpc) is 2.54. The number of fused-ring (bicyclic) bond motifs is 2. The summed E-state index contributed by atoms with van der Waals surface area (Å²) in [6, 6.07) is 14.0. The van der Waals surface area contributed by atoms with Gasteiger partial charge in [0.2, 0.25) is 0 Å². The second-order valence-electron chi connectivity index (χ2n) is 7.55. The number of likely N-dealkylation sites (N-methyl/N-ethyl adjacent to an activating group) is 1. The zero-order valence-electron chi connectivity index (χ0n) is 15.6. The van der Waals surface area contributed by atoms with Crippen LogP contribution in [0.3, 0.4) is 0 Å². The van der Waals surface area contributed by atoms with E-state index in [4.69, 9.17) is 0 Å². The highest BCUT2D eigenvalue weighted by atomic mass is 28.3. The molecular weight excluding hydrogens is 308 g/mol. The smallest absolute Gasteiger partial charge is 0.0353 e. The molecule has 0 bridgehead atoms. The Bertz CT molecular complexity index is 777. The van der Waals surface area contributed by atoms with Crippen LogP contribution in [0.15, 0.2) is 49.1 Å². The predicted molar refractivity (Wildman–Crippen MR) is 110 cm³/mol. The highest BCUT2D eigenvalue weighted by Gasteiger charge is 2.24. The highest BCUT2D eigenvalue weighted by Crippen LogP contribution is 2.25. The quantitative estimate of drug-likeness (QED) is 0.625.